The van der Waals surface area contributed by atoms with Gasteiger partial charge in [-0.05, 0) is 39.0 Å². The van der Waals surface area contributed by atoms with Crippen LogP contribution in [0.5, 0.6) is 0 Å². The Labute approximate surface area is 147 Å². The second-order valence-corrected chi connectivity index (χ2v) is 6.25. The number of amides is 6. The molecule has 0 radical (unpaired) electrons. The average molecular weight is 368 g/mol. The van der Waals surface area contributed by atoms with Crippen molar-refractivity contribution in [1.29, 1.82) is 0 Å². The second-order valence-electron chi connectivity index (χ2n) is 6.25. The maximum absolute atomic E-state index is 14.0. The standard InChI is InChI=1S/C16H18F2N4O4/c1-8(2)19-14(25)20-12(23)7-22-13(24)16(3,21-15(22)26)10-6-9(17)4-5-11(10)18/h4-6,8H,7H2,1-3H3,(H,21,26)(H2,19,20,23,25)/t16-/m1/s1. The van der Waals surface area contributed by atoms with Crippen molar-refractivity contribution < 1.29 is 28.0 Å². The number of carbonyl (C=O) groups is 4. The van der Waals surface area contributed by atoms with Gasteiger partial charge >= 0.3 is 12.1 Å². The van der Waals surface area contributed by atoms with E-state index in [9.17, 15) is 28.0 Å². The highest BCUT2D eigenvalue weighted by atomic mass is 19.1. The van der Waals surface area contributed by atoms with Crippen LogP contribution >= 0.6 is 0 Å². The molecule has 0 aliphatic carbocycles. The fourth-order valence-electron chi connectivity index (χ4n) is 2.51. The quantitative estimate of drug-likeness (QED) is 0.688. The molecule has 0 spiro atoms. The van der Waals surface area contributed by atoms with Crippen molar-refractivity contribution in [3.05, 3.63) is 35.4 Å². The molecule has 3 N–H and O–H groups in total. The van der Waals surface area contributed by atoms with Crippen LogP contribution in [0.2, 0.25) is 0 Å². The van der Waals surface area contributed by atoms with E-state index < -0.39 is 47.6 Å². The van der Waals surface area contributed by atoms with Crippen molar-refractivity contribution in [3.8, 4) is 0 Å². The first-order chi connectivity index (χ1) is 12.0. The van der Waals surface area contributed by atoms with Gasteiger partial charge in [-0.15, -0.1) is 0 Å². The Hall–Kier alpha value is -3.04. The molecule has 0 aromatic heterocycles. The predicted octanol–water partition coefficient (Wildman–Crippen LogP) is 0.966. The molecule has 6 amide bonds. The number of hydrogen-bond acceptors (Lipinski definition) is 4. The number of nitrogens with one attached hydrogen (secondary N) is 3. The molecule has 0 unspecified atom stereocenters. The second kappa shape index (κ2) is 7.06. The molecule has 10 heteroatoms. The van der Waals surface area contributed by atoms with Crippen molar-refractivity contribution in [2.24, 2.45) is 0 Å². The molecule has 2 rings (SSSR count). The van der Waals surface area contributed by atoms with Crippen LogP contribution < -0.4 is 16.0 Å². The summed E-state index contributed by atoms with van der Waals surface area (Å²) < 4.78 is 27.5. The van der Waals surface area contributed by atoms with E-state index >= 15 is 0 Å². The van der Waals surface area contributed by atoms with Crippen LogP contribution in [-0.4, -0.2) is 41.4 Å². The molecule has 1 fully saturated rings. The Bertz CT molecular complexity index is 784. The molecule has 1 saturated heterocycles. The zero-order valence-electron chi connectivity index (χ0n) is 14.4. The molecule has 26 heavy (non-hydrogen) atoms. The van der Waals surface area contributed by atoms with Gasteiger partial charge in [-0.1, -0.05) is 0 Å². The van der Waals surface area contributed by atoms with Crippen LogP contribution in [0.25, 0.3) is 0 Å². The van der Waals surface area contributed by atoms with Gasteiger partial charge in [-0.3, -0.25) is 19.8 Å². The lowest BCUT2D eigenvalue weighted by Gasteiger charge is -2.22. The van der Waals surface area contributed by atoms with Gasteiger partial charge in [0.15, 0.2) is 0 Å². The van der Waals surface area contributed by atoms with Crippen LogP contribution in [0.15, 0.2) is 18.2 Å². The first-order valence-electron chi connectivity index (χ1n) is 7.74. The number of carbonyl (C=O) groups excluding carboxylic acids is 4. The molecule has 0 bridgehead atoms. The number of imide groups is 2. The third-order valence-corrected chi connectivity index (χ3v) is 3.72. The van der Waals surface area contributed by atoms with E-state index in [-0.39, 0.29) is 11.6 Å². The fourth-order valence-corrected chi connectivity index (χ4v) is 2.51. The summed E-state index contributed by atoms with van der Waals surface area (Å²) in [6.45, 7) is 3.82. The number of nitrogens with zero attached hydrogens (tertiary/aromatic N) is 1. The Morgan fingerprint density at radius 3 is 2.54 bits per heavy atom. The molecular formula is C16H18F2N4O4. The third kappa shape index (κ3) is 3.79. The van der Waals surface area contributed by atoms with Crippen molar-refractivity contribution >= 4 is 23.9 Å². The normalized spacial score (nSPS) is 19.5. The highest BCUT2D eigenvalue weighted by Crippen LogP contribution is 2.31. The number of halogens is 2. The maximum atomic E-state index is 14.0. The minimum absolute atomic E-state index is 0.223. The van der Waals surface area contributed by atoms with Crippen molar-refractivity contribution in [2.75, 3.05) is 6.54 Å². The summed E-state index contributed by atoms with van der Waals surface area (Å²) in [4.78, 5) is 48.5. The maximum Gasteiger partial charge on any atom is 0.325 e. The van der Waals surface area contributed by atoms with Gasteiger partial charge < -0.3 is 10.6 Å². The van der Waals surface area contributed by atoms with E-state index in [0.717, 1.165) is 18.2 Å². The first-order valence-corrected chi connectivity index (χ1v) is 7.74. The molecule has 1 aliphatic rings. The van der Waals surface area contributed by atoms with E-state index in [2.05, 4.69) is 10.6 Å². The van der Waals surface area contributed by atoms with Gasteiger partial charge in [0.2, 0.25) is 5.91 Å². The van der Waals surface area contributed by atoms with E-state index in [4.69, 9.17) is 0 Å². The van der Waals surface area contributed by atoms with E-state index in [0.29, 0.717) is 4.90 Å². The largest absolute Gasteiger partial charge is 0.336 e. The summed E-state index contributed by atoms with van der Waals surface area (Å²) in [7, 11) is 0. The Morgan fingerprint density at radius 2 is 1.92 bits per heavy atom. The highest BCUT2D eigenvalue weighted by Gasteiger charge is 2.50. The molecule has 0 saturated carbocycles. The lowest BCUT2D eigenvalue weighted by atomic mass is 9.91. The van der Waals surface area contributed by atoms with Crippen LogP contribution in [0.4, 0.5) is 18.4 Å². The predicted molar refractivity (Wildman–Crippen MR) is 85.8 cm³/mol. The molecule has 8 nitrogen and oxygen atoms in total. The van der Waals surface area contributed by atoms with Gasteiger partial charge in [-0.25, -0.2) is 18.4 Å². The Kier molecular flexibility index (Phi) is 5.24. The molecule has 1 aromatic carbocycles. The minimum Gasteiger partial charge on any atom is -0.336 e. The molecule has 1 atom stereocenters. The van der Waals surface area contributed by atoms with E-state index in [1.54, 1.807) is 13.8 Å². The summed E-state index contributed by atoms with van der Waals surface area (Å²) >= 11 is 0. The Morgan fingerprint density at radius 1 is 1.27 bits per heavy atom. The Balaban J connectivity index is 2.17. The summed E-state index contributed by atoms with van der Waals surface area (Å²) in [6, 6.07) is 0.547. The van der Waals surface area contributed by atoms with Gasteiger partial charge in [0.05, 0.1) is 0 Å². The third-order valence-electron chi connectivity index (χ3n) is 3.72. The summed E-state index contributed by atoms with van der Waals surface area (Å²) in [6.07, 6.45) is 0. The van der Waals surface area contributed by atoms with Crippen molar-refractivity contribution in [2.45, 2.75) is 32.4 Å². The lowest BCUT2D eigenvalue weighted by molar-refractivity contribution is -0.134. The van der Waals surface area contributed by atoms with Crippen molar-refractivity contribution in [1.82, 2.24) is 20.9 Å². The van der Waals surface area contributed by atoms with E-state index in [1.165, 1.54) is 6.92 Å². The molecule has 140 valence electrons. The molecule has 1 aliphatic heterocycles. The number of rotatable bonds is 4. The van der Waals surface area contributed by atoms with Gasteiger partial charge in [0.1, 0.15) is 23.7 Å². The highest BCUT2D eigenvalue weighted by molar-refractivity contribution is 6.10. The summed E-state index contributed by atoms with van der Waals surface area (Å²) in [5, 5.41) is 6.64. The number of hydrogen-bond donors (Lipinski definition) is 3. The van der Waals surface area contributed by atoms with Crippen LogP contribution in [-0.2, 0) is 15.1 Å². The summed E-state index contributed by atoms with van der Waals surface area (Å²) in [5.41, 5.74) is -2.24. The van der Waals surface area contributed by atoms with Crippen LogP contribution in [0.3, 0.4) is 0 Å². The molecular weight excluding hydrogens is 350 g/mol. The van der Waals surface area contributed by atoms with Gasteiger partial charge in [0.25, 0.3) is 5.91 Å². The summed E-state index contributed by atoms with van der Waals surface area (Å²) in [5.74, 6) is -3.52. The van der Waals surface area contributed by atoms with Gasteiger partial charge in [0, 0.05) is 11.6 Å². The topological polar surface area (TPSA) is 108 Å². The number of urea groups is 2. The minimum atomic E-state index is -1.87. The zero-order valence-corrected chi connectivity index (χ0v) is 14.4. The fraction of sp³-hybridized carbons (Fsp3) is 0.375. The SMILES string of the molecule is CC(C)NC(=O)NC(=O)CN1C(=O)N[C@](C)(c2cc(F)ccc2F)C1=O. The van der Waals surface area contributed by atoms with Gasteiger partial charge in [-0.2, -0.15) is 0 Å². The lowest BCUT2D eigenvalue weighted by Crippen LogP contribution is -2.48. The molecule has 1 aromatic rings. The van der Waals surface area contributed by atoms with E-state index in [1.807, 2.05) is 5.32 Å². The van der Waals surface area contributed by atoms with Crippen molar-refractivity contribution in [3.63, 3.8) is 0 Å². The molecule has 1 heterocycles. The zero-order chi connectivity index (χ0) is 19.6. The van der Waals surface area contributed by atoms with Crippen LogP contribution in [0.1, 0.15) is 26.3 Å². The smallest absolute Gasteiger partial charge is 0.325 e. The monoisotopic (exact) mass is 368 g/mol. The first kappa shape index (κ1) is 19.3. The number of benzene rings is 1. The average Bonchev–Trinajstić information content (AvgIpc) is 2.73. The van der Waals surface area contributed by atoms with Crippen LogP contribution in [0, 0.1) is 11.6 Å².